The van der Waals surface area contributed by atoms with E-state index in [1.54, 1.807) is 25.6 Å². The standard InChI is InChI=1S/C17H26N4O2S/c1-11(2)14-6-8-15(9-7-14)16(18)10-19-24(22,23)17-12(3)20-21(5)13(17)4/h6-9,11,16,19H,10,18H2,1-5H3. The Hall–Kier alpha value is -1.70. The zero-order chi connectivity index (χ0) is 18.1. The van der Waals surface area contributed by atoms with Crippen LogP contribution in [0.3, 0.4) is 0 Å². The van der Waals surface area contributed by atoms with Gasteiger partial charge in [0.1, 0.15) is 4.90 Å². The molecule has 0 saturated heterocycles. The number of nitrogens with one attached hydrogen (secondary N) is 1. The Labute approximate surface area is 144 Å². The molecule has 1 heterocycles. The van der Waals surface area contributed by atoms with Gasteiger partial charge in [0.25, 0.3) is 0 Å². The lowest BCUT2D eigenvalue weighted by Gasteiger charge is -2.15. The minimum Gasteiger partial charge on any atom is -0.323 e. The Balaban J connectivity index is 2.11. The van der Waals surface area contributed by atoms with Crippen molar-refractivity contribution in [2.75, 3.05) is 6.54 Å². The van der Waals surface area contributed by atoms with E-state index in [0.717, 1.165) is 5.56 Å². The van der Waals surface area contributed by atoms with Crippen LogP contribution in [0.25, 0.3) is 0 Å². The Bertz CT molecular complexity index is 808. The first-order valence-corrected chi connectivity index (χ1v) is 9.47. The first-order chi connectivity index (χ1) is 11.1. The maximum absolute atomic E-state index is 12.5. The molecule has 7 heteroatoms. The highest BCUT2D eigenvalue weighted by Gasteiger charge is 2.24. The highest BCUT2D eigenvalue weighted by molar-refractivity contribution is 7.89. The predicted octanol–water partition coefficient (Wildman–Crippen LogP) is 2.14. The fourth-order valence-electron chi connectivity index (χ4n) is 2.66. The Morgan fingerprint density at radius 1 is 1.17 bits per heavy atom. The van der Waals surface area contributed by atoms with Crippen LogP contribution in [-0.2, 0) is 17.1 Å². The summed E-state index contributed by atoms with van der Waals surface area (Å²) in [7, 11) is -1.91. The average molecular weight is 350 g/mol. The maximum atomic E-state index is 12.5. The summed E-state index contributed by atoms with van der Waals surface area (Å²) >= 11 is 0. The fraction of sp³-hybridized carbons (Fsp3) is 0.471. The maximum Gasteiger partial charge on any atom is 0.244 e. The molecule has 1 aromatic carbocycles. The molecule has 2 aromatic rings. The number of nitrogens with two attached hydrogens (primary N) is 1. The van der Waals surface area contributed by atoms with Crippen LogP contribution in [0.5, 0.6) is 0 Å². The van der Waals surface area contributed by atoms with E-state index in [9.17, 15) is 8.42 Å². The van der Waals surface area contributed by atoms with Gasteiger partial charge < -0.3 is 5.73 Å². The van der Waals surface area contributed by atoms with Gasteiger partial charge >= 0.3 is 0 Å². The summed E-state index contributed by atoms with van der Waals surface area (Å²) in [5.41, 5.74) is 9.36. The number of aromatic nitrogens is 2. The highest BCUT2D eigenvalue weighted by atomic mass is 32.2. The topological polar surface area (TPSA) is 90.0 Å². The molecular weight excluding hydrogens is 324 g/mol. The van der Waals surface area contributed by atoms with Crippen LogP contribution in [0.4, 0.5) is 0 Å². The third-order valence-corrected chi connectivity index (χ3v) is 5.91. The molecule has 1 unspecified atom stereocenters. The van der Waals surface area contributed by atoms with Crippen molar-refractivity contribution in [2.24, 2.45) is 12.8 Å². The zero-order valence-corrected chi connectivity index (χ0v) is 15.7. The first-order valence-electron chi connectivity index (χ1n) is 7.98. The lowest BCUT2D eigenvalue weighted by molar-refractivity contribution is 0.570. The van der Waals surface area contributed by atoms with Gasteiger partial charge in [0.15, 0.2) is 0 Å². The molecule has 132 valence electrons. The van der Waals surface area contributed by atoms with Crippen LogP contribution in [-0.4, -0.2) is 24.7 Å². The van der Waals surface area contributed by atoms with Gasteiger partial charge in [-0.3, -0.25) is 4.68 Å². The van der Waals surface area contributed by atoms with Gasteiger partial charge in [0.2, 0.25) is 10.0 Å². The second-order valence-electron chi connectivity index (χ2n) is 6.40. The molecule has 0 aliphatic rings. The Morgan fingerprint density at radius 3 is 2.17 bits per heavy atom. The summed E-state index contributed by atoms with van der Waals surface area (Å²) in [6.07, 6.45) is 0. The minimum atomic E-state index is -3.64. The number of benzene rings is 1. The van der Waals surface area contributed by atoms with Gasteiger partial charge in [-0.2, -0.15) is 5.10 Å². The molecule has 1 aromatic heterocycles. The third kappa shape index (κ3) is 3.85. The number of hydrogen-bond donors (Lipinski definition) is 2. The molecule has 0 amide bonds. The molecule has 0 aliphatic carbocycles. The molecule has 1 atom stereocenters. The lowest BCUT2D eigenvalue weighted by Crippen LogP contribution is -2.32. The van der Waals surface area contributed by atoms with Gasteiger partial charge in [-0.15, -0.1) is 0 Å². The van der Waals surface area contributed by atoms with E-state index >= 15 is 0 Å². The average Bonchev–Trinajstić information content (AvgIpc) is 2.78. The molecule has 0 bridgehead atoms. The number of aryl methyl sites for hydroxylation is 2. The van der Waals surface area contributed by atoms with E-state index < -0.39 is 16.1 Å². The minimum absolute atomic E-state index is 0.136. The molecule has 0 saturated carbocycles. The summed E-state index contributed by atoms with van der Waals surface area (Å²) in [5.74, 6) is 0.449. The largest absolute Gasteiger partial charge is 0.323 e. The normalized spacial score (nSPS) is 13.5. The van der Waals surface area contributed by atoms with E-state index in [-0.39, 0.29) is 11.4 Å². The van der Waals surface area contributed by atoms with Crippen molar-refractivity contribution in [3.8, 4) is 0 Å². The van der Waals surface area contributed by atoms with E-state index in [2.05, 4.69) is 23.7 Å². The van der Waals surface area contributed by atoms with Gasteiger partial charge in [-0.25, -0.2) is 13.1 Å². The van der Waals surface area contributed by atoms with Crippen molar-refractivity contribution >= 4 is 10.0 Å². The van der Waals surface area contributed by atoms with Crippen molar-refractivity contribution in [3.05, 3.63) is 46.8 Å². The molecule has 0 spiro atoms. The third-order valence-electron chi connectivity index (χ3n) is 4.24. The molecule has 24 heavy (non-hydrogen) atoms. The lowest BCUT2D eigenvalue weighted by atomic mass is 9.99. The van der Waals surface area contributed by atoms with E-state index in [4.69, 9.17) is 5.73 Å². The highest BCUT2D eigenvalue weighted by Crippen LogP contribution is 2.20. The molecule has 6 nitrogen and oxygen atoms in total. The van der Waals surface area contributed by atoms with Gasteiger partial charge in [0.05, 0.1) is 11.4 Å². The van der Waals surface area contributed by atoms with Crippen LogP contribution in [0.15, 0.2) is 29.2 Å². The van der Waals surface area contributed by atoms with Crippen molar-refractivity contribution in [1.82, 2.24) is 14.5 Å². The second-order valence-corrected chi connectivity index (χ2v) is 8.11. The Kier molecular flexibility index (Phi) is 5.47. The van der Waals surface area contributed by atoms with Crippen molar-refractivity contribution in [3.63, 3.8) is 0 Å². The Morgan fingerprint density at radius 2 is 1.71 bits per heavy atom. The molecule has 2 rings (SSSR count). The van der Waals surface area contributed by atoms with Gasteiger partial charge in [-0.1, -0.05) is 38.1 Å². The summed E-state index contributed by atoms with van der Waals surface area (Å²) in [6, 6.07) is 7.57. The van der Waals surface area contributed by atoms with E-state index in [1.165, 1.54) is 5.56 Å². The van der Waals surface area contributed by atoms with Crippen molar-refractivity contribution in [1.29, 1.82) is 0 Å². The summed E-state index contributed by atoms with van der Waals surface area (Å²) in [5, 5.41) is 4.15. The molecule has 0 radical (unpaired) electrons. The molecule has 0 aliphatic heterocycles. The van der Waals surface area contributed by atoms with Crippen molar-refractivity contribution in [2.45, 2.75) is 44.6 Å². The molecular formula is C17H26N4O2S. The summed E-state index contributed by atoms with van der Waals surface area (Å²) < 4.78 is 29.3. The van der Waals surface area contributed by atoms with Gasteiger partial charge in [-0.05, 0) is 30.9 Å². The van der Waals surface area contributed by atoms with Gasteiger partial charge in [0, 0.05) is 19.6 Å². The summed E-state index contributed by atoms with van der Waals surface area (Å²) in [4.78, 5) is 0.229. The summed E-state index contributed by atoms with van der Waals surface area (Å²) in [6.45, 7) is 7.81. The number of nitrogens with zero attached hydrogens (tertiary/aromatic N) is 2. The number of sulfonamides is 1. The molecule has 3 N–H and O–H groups in total. The monoisotopic (exact) mass is 350 g/mol. The van der Waals surface area contributed by atoms with Crippen LogP contribution >= 0.6 is 0 Å². The number of hydrogen-bond acceptors (Lipinski definition) is 4. The van der Waals surface area contributed by atoms with Crippen LogP contribution in [0, 0.1) is 13.8 Å². The van der Waals surface area contributed by atoms with Crippen molar-refractivity contribution < 1.29 is 8.42 Å². The second kappa shape index (κ2) is 7.04. The number of rotatable bonds is 6. The SMILES string of the molecule is Cc1nn(C)c(C)c1S(=O)(=O)NCC(N)c1ccc(C(C)C)cc1. The van der Waals surface area contributed by atoms with E-state index in [1.807, 2.05) is 24.3 Å². The van der Waals surface area contributed by atoms with Crippen LogP contribution < -0.4 is 10.5 Å². The smallest absolute Gasteiger partial charge is 0.244 e. The molecule has 0 fully saturated rings. The van der Waals surface area contributed by atoms with Crippen LogP contribution in [0.2, 0.25) is 0 Å². The van der Waals surface area contributed by atoms with Crippen LogP contribution in [0.1, 0.15) is 48.3 Å². The zero-order valence-electron chi connectivity index (χ0n) is 14.9. The van der Waals surface area contributed by atoms with E-state index in [0.29, 0.717) is 17.3 Å². The quantitative estimate of drug-likeness (QED) is 0.835. The fourth-order valence-corrected chi connectivity index (χ4v) is 4.15. The predicted molar refractivity (Wildman–Crippen MR) is 95.3 cm³/mol. The first kappa shape index (κ1) is 18.6.